The minimum absolute atomic E-state index is 0.210. The second-order valence-electron chi connectivity index (χ2n) is 4.55. The molecule has 0 bridgehead atoms. The summed E-state index contributed by atoms with van der Waals surface area (Å²) in [7, 11) is 0. The fraction of sp³-hybridized carbons (Fsp3) is 0.176. The maximum absolute atomic E-state index is 10.9. The minimum atomic E-state index is -0.979. The van der Waals surface area contributed by atoms with Crippen molar-refractivity contribution in [2.24, 2.45) is 0 Å². The quantitative estimate of drug-likeness (QED) is 0.795. The molecule has 0 radical (unpaired) electrons. The molecule has 0 atom stereocenters. The smallest absolute Gasteiger partial charge is 0.335 e. The van der Waals surface area contributed by atoms with E-state index in [2.05, 4.69) is 0 Å². The molecule has 0 aromatic heterocycles. The van der Waals surface area contributed by atoms with Gasteiger partial charge in [0.15, 0.2) is 11.5 Å². The van der Waals surface area contributed by atoms with Crippen LogP contribution in [0.3, 0.4) is 0 Å². The maximum Gasteiger partial charge on any atom is 0.335 e. The Morgan fingerprint density at radius 1 is 1.14 bits per heavy atom. The zero-order valence-corrected chi connectivity index (χ0v) is 12.1. The number of carbonyl (C=O) groups is 2. The van der Waals surface area contributed by atoms with E-state index in [-0.39, 0.29) is 12.2 Å². The van der Waals surface area contributed by atoms with Crippen molar-refractivity contribution in [3.05, 3.63) is 59.2 Å². The normalized spacial score (nSPS) is 10.0. The summed E-state index contributed by atoms with van der Waals surface area (Å²) >= 11 is 0. The molecule has 5 nitrogen and oxygen atoms in total. The third-order valence-corrected chi connectivity index (χ3v) is 2.97. The van der Waals surface area contributed by atoms with Gasteiger partial charge in [-0.05, 0) is 42.8 Å². The first-order valence-corrected chi connectivity index (χ1v) is 6.81. The number of carbonyl (C=O) groups excluding carboxylic acids is 1. The maximum atomic E-state index is 10.9. The van der Waals surface area contributed by atoms with E-state index in [1.165, 1.54) is 6.07 Å². The van der Waals surface area contributed by atoms with Crippen LogP contribution in [0.4, 0.5) is 0 Å². The lowest BCUT2D eigenvalue weighted by molar-refractivity contribution is 0.0696. The Morgan fingerprint density at radius 2 is 1.95 bits per heavy atom. The lowest BCUT2D eigenvalue weighted by Crippen LogP contribution is -2.02. The summed E-state index contributed by atoms with van der Waals surface area (Å²) < 4.78 is 11.1. The van der Waals surface area contributed by atoms with E-state index in [9.17, 15) is 9.59 Å². The Labute approximate surface area is 128 Å². The van der Waals surface area contributed by atoms with Crippen LogP contribution in [0.15, 0.2) is 42.5 Å². The molecule has 0 saturated heterocycles. The summed E-state index contributed by atoms with van der Waals surface area (Å²) in [6.45, 7) is 2.50. The molecule has 0 aliphatic rings. The lowest BCUT2D eigenvalue weighted by atomic mass is 10.1. The molecule has 0 heterocycles. The highest BCUT2D eigenvalue weighted by Crippen LogP contribution is 2.28. The lowest BCUT2D eigenvalue weighted by Gasteiger charge is -2.12. The minimum Gasteiger partial charge on any atom is -0.490 e. The van der Waals surface area contributed by atoms with Gasteiger partial charge in [0.1, 0.15) is 12.9 Å². The van der Waals surface area contributed by atoms with Crippen LogP contribution in [0.25, 0.3) is 0 Å². The van der Waals surface area contributed by atoms with Gasteiger partial charge in [0, 0.05) is 5.56 Å². The summed E-state index contributed by atoms with van der Waals surface area (Å²) in [6, 6.07) is 11.4. The van der Waals surface area contributed by atoms with Crippen molar-refractivity contribution in [3.63, 3.8) is 0 Å². The summed E-state index contributed by atoms with van der Waals surface area (Å²) in [6.07, 6.45) is 0.739. The molecule has 1 N–H and O–H groups in total. The molecular formula is C17H16O5. The van der Waals surface area contributed by atoms with Crippen LogP contribution in [-0.2, 0) is 6.61 Å². The van der Waals surface area contributed by atoms with Gasteiger partial charge in [-0.15, -0.1) is 0 Å². The second-order valence-corrected chi connectivity index (χ2v) is 4.55. The average Bonchev–Trinajstić information content (AvgIpc) is 2.54. The molecule has 0 fully saturated rings. The van der Waals surface area contributed by atoms with Crippen LogP contribution in [0.2, 0.25) is 0 Å². The van der Waals surface area contributed by atoms with E-state index < -0.39 is 5.97 Å². The molecule has 0 saturated carbocycles. The molecule has 114 valence electrons. The topological polar surface area (TPSA) is 72.8 Å². The molecule has 22 heavy (non-hydrogen) atoms. The van der Waals surface area contributed by atoms with Gasteiger partial charge in [-0.1, -0.05) is 12.1 Å². The van der Waals surface area contributed by atoms with E-state index in [1.807, 2.05) is 6.92 Å². The van der Waals surface area contributed by atoms with E-state index >= 15 is 0 Å². The molecule has 0 amide bonds. The highest BCUT2D eigenvalue weighted by atomic mass is 16.5. The third-order valence-electron chi connectivity index (χ3n) is 2.97. The number of ether oxygens (including phenoxy) is 2. The van der Waals surface area contributed by atoms with Crippen LogP contribution in [-0.4, -0.2) is 24.0 Å². The van der Waals surface area contributed by atoms with Crippen molar-refractivity contribution in [1.29, 1.82) is 0 Å². The molecule has 2 rings (SSSR count). The number of carboxylic acid groups (broad SMARTS) is 1. The first-order chi connectivity index (χ1) is 10.6. The first-order valence-electron chi connectivity index (χ1n) is 6.81. The van der Waals surface area contributed by atoms with Crippen molar-refractivity contribution in [1.82, 2.24) is 0 Å². The zero-order chi connectivity index (χ0) is 15.9. The number of carboxylic acids is 1. The molecule has 2 aromatic carbocycles. The Balaban J connectivity index is 2.15. The van der Waals surface area contributed by atoms with Crippen molar-refractivity contribution in [2.45, 2.75) is 13.5 Å². The predicted molar refractivity (Wildman–Crippen MR) is 80.7 cm³/mol. The number of hydrogen-bond acceptors (Lipinski definition) is 4. The number of hydrogen-bond donors (Lipinski definition) is 1. The van der Waals surface area contributed by atoms with Crippen LogP contribution in [0, 0.1) is 0 Å². The van der Waals surface area contributed by atoms with Gasteiger partial charge in [0.25, 0.3) is 0 Å². The van der Waals surface area contributed by atoms with Crippen LogP contribution in [0.5, 0.6) is 11.5 Å². The van der Waals surface area contributed by atoms with Gasteiger partial charge in [0.05, 0.1) is 12.2 Å². The van der Waals surface area contributed by atoms with Gasteiger partial charge in [-0.25, -0.2) is 4.79 Å². The zero-order valence-electron chi connectivity index (χ0n) is 12.1. The largest absolute Gasteiger partial charge is 0.490 e. The van der Waals surface area contributed by atoms with Gasteiger partial charge in [-0.2, -0.15) is 0 Å². The predicted octanol–water partition coefficient (Wildman–Crippen LogP) is 3.18. The molecule has 0 aliphatic heterocycles. The SMILES string of the molecule is CCOc1cc(C=O)ccc1OCc1cccc(C(=O)O)c1. The molecular weight excluding hydrogens is 284 g/mol. The number of aldehydes is 1. The molecule has 0 aliphatic carbocycles. The fourth-order valence-corrected chi connectivity index (χ4v) is 1.94. The van der Waals surface area contributed by atoms with Crippen LogP contribution < -0.4 is 9.47 Å². The van der Waals surface area contributed by atoms with Gasteiger partial charge >= 0.3 is 5.97 Å². The van der Waals surface area contributed by atoms with E-state index in [0.717, 1.165) is 11.8 Å². The van der Waals surface area contributed by atoms with Crippen molar-refractivity contribution >= 4 is 12.3 Å². The highest BCUT2D eigenvalue weighted by Gasteiger charge is 2.08. The van der Waals surface area contributed by atoms with Crippen molar-refractivity contribution < 1.29 is 24.2 Å². The van der Waals surface area contributed by atoms with Gasteiger partial charge in [-0.3, -0.25) is 4.79 Å². The van der Waals surface area contributed by atoms with Crippen LogP contribution in [0.1, 0.15) is 33.2 Å². The van der Waals surface area contributed by atoms with Crippen molar-refractivity contribution in [3.8, 4) is 11.5 Å². The Morgan fingerprint density at radius 3 is 2.64 bits per heavy atom. The Hall–Kier alpha value is -2.82. The highest BCUT2D eigenvalue weighted by molar-refractivity contribution is 5.87. The summed E-state index contributed by atoms with van der Waals surface area (Å²) in [5, 5.41) is 8.97. The Bertz CT molecular complexity index is 678. The monoisotopic (exact) mass is 300 g/mol. The number of aromatic carboxylic acids is 1. The average molecular weight is 300 g/mol. The second kappa shape index (κ2) is 7.26. The van der Waals surface area contributed by atoms with Crippen LogP contribution >= 0.6 is 0 Å². The molecule has 2 aromatic rings. The van der Waals surface area contributed by atoms with Crippen molar-refractivity contribution in [2.75, 3.05) is 6.61 Å². The fourth-order valence-electron chi connectivity index (χ4n) is 1.94. The standard InChI is InChI=1S/C17H16O5/c1-2-21-16-9-12(10-18)6-7-15(16)22-11-13-4-3-5-14(8-13)17(19)20/h3-10H,2,11H2,1H3,(H,19,20). The molecule has 0 unspecified atom stereocenters. The van der Waals surface area contributed by atoms with E-state index in [1.54, 1.807) is 36.4 Å². The van der Waals surface area contributed by atoms with Gasteiger partial charge < -0.3 is 14.6 Å². The summed E-state index contributed by atoms with van der Waals surface area (Å²) in [5.74, 6) is 0.0156. The summed E-state index contributed by atoms with van der Waals surface area (Å²) in [4.78, 5) is 21.7. The number of benzene rings is 2. The first kappa shape index (κ1) is 15.6. The third kappa shape index (κ3) is 3.85. The molecule has 5 heteroatoms. The number of rotatable bonds is 7. The summed E-state index contributed by atoms with van der Waals surface area (Å²) in [5.41, 5.74) is 1.45. The van der Waals surface area contributed by atoms with E-state index in [4.69, 9.17) is 14.6 Å². The molecule has 0 spiro atoms. The van der Waals surface area contributed by atoms with Gasteiger partial charge in [0.2, 0.25) is 0 Å². The Kier molecular flexibility index (Phi) is 5.14. The van der Waals surface area contributed by atoms with E-state index in [0.29, 0.717) is 23.7 Å².